The van der Waals surface area contributed by atoms with Crippen LogP contribution in [0.5, 0.6) is 5.75 Å². The predicted octanol–water partition coefficient (Wildman–Crippen LogP) is 4.68. The van der Waals surface area contributed by atoms with E-state index in [1.807, 2.05) is 18.2 Å². The van der Waals surface area contributed by atoms with Crippen LogP contribution in [-0.4, -0.2) is 5.11 Å². The van der Waals surface area contributed by atoms with Crippen molar-refractivity contribution in [1.82, 2.24) is 5.32 Å². The van der Waals surface area contributed by atoms with Gasteiger partial charge in [0.1, 0.15) is 5.75 Å². The van der Waals surface area contributed by atoms with Crippen LogP contribution in [0.4, 0.5) is 0 Å². The number of halogens is 1. The minimum atomic E-state index is 0.244. The molecule has 2 nitrogen and oxygen atoms in total. The first-order chi connectivity index (χ1) is 9.72. The molecule has 1 atom stereocenters. The zero-order valence-electron chi connectivity index (χ0n) is 11.6. The molecular weight excluding hydrogens is 270 g/mol. The summed E-state index contributed by atoms with van der Waals surface area (Å²) in [7, 11) is 0. The van der Waals surface area contributed by atoms with Gasteiger partial charge < -0.3 is 10.4 Å². The quantitative estimate of drug-likeness (QED) is 0.809. The molecule has 0 aliphatic carbocycles. The molecule has 0 aliphatic heterocycles. The third kappa shape index (κ3) is 3.75. The Hall–Kier alpha value is -1.51. The van der Waals surface area contributed by atoms with Crippen molar-refractivity contribution in [2.24, 2.45) is 0 Å². The number of phenolic OH excluding ortho intramolecular Hbond substituents is 1. The summed E-state index contributed by atoms with van der Waals surface area (Å²) in [5.74, 6) is 0.244. The Balaban J connectivity index is 2.10. The number of nitrogens with one attached hydrogen (secondary N) is 1. The summed E-state index contributed by atoms with van der Waals surface area (Å²) < 4.78 is 0. The van der Waals surface area contributed by atoms with E-state index in [4.69, 9.17) is 11.6 Å². The Morgan fingerprint density at radius 3 is 2.50 bits per heavy atom. The topological polar surface area (TPSA) is 32.3 Å². The van der Waals surface area contributed by atoms with Crippen LogP contribution in [0.15, 0.2) is 48.5 Å². The lowest BCUT2D eigenvalue weighted by Crippen LogP contribution is -2.21. The second-order valence-electron chi connectivity index (χ2n) is 4.87. The van der Waals surface area contributed by atoms with Gasteiger partial charge >= 0.3 is 0 Å². The van der Waals surface area contributed by atoms with Crippen molar-refractivity contribution in [3.05, 3.63) is 64.7 Å². The van der Waals surface area contributed by atoms with Crippen molar-refractivity contribution in [3.63, 3.8) is 0 Å². The molecule has 0 fully saturated rings. The van der Waals surface area contributed by atoms with Gasteiger partial charge in [-0.05, 0) is 24.1 Å². The molecule has 2 N–H and O–H groups in total. The summed E-state index contributed by atoms with van der Waals surface area (Å²) in [4.78, 5) is 0. The van der Waals surface area contributed by atoms with Crippen molar-refractivity contribution in [2.75, 3.05) is 0 Å². The van der Waals surface area contributed by atoms with E-state index in [9.17, 15) is 5.11 Å². The van der Waals surface area contributed by atoms with Crippen LogP contribution < -0.4 is 5.32 Å². The van der Waals surface area contributed by atoms with Gasteiger partial charge in [-0.25, -0.2) is 0 Å². The van der Waals surface area contributed by atoms with E-state index in [-0.39, 0.29) is 11.8 Å². The standard InChI is InChI=1S/C17H20ClNO/c1-2-7-16(13-8-4-3-5-9-13)19-12-14-15(18)10-6-11-17(14)20/h3-6,8-11,16,19-20H,2,7,12H2,1H3. The number of hydrogen-bond donors (Lipinski definition) is 2. The largest absolute Gasteiger partial charge is 0.508 e. The van der Waals surface area contributed by atoms with Gasteiger partial charge in [-0.1, -0.05) is 61.3 Å². The lowest BCUT2D eigenvalue weighted by atomic mass is 10.0. The fourth-order valence-corrected chi connectivity index (χ4v) is 2.54. The molecule has 2 aromatic carbocycles. The minimum Gasteiger partial charge on any atom is -0.508 e. The zero-order valence-corrected chi connectivity index (χ0v) is 12.4. The van der Waals surface area contributed by atoms with Crippen molar-refractivity contribution in [3.8, 4) is 5.75 Å². The predicted molar refractivity (Wildman–Crippen MR) is 84.0 cm³/mol. The summed E-state index contributed by atoms with van der Waals surface area (Å²) >= 11 is 6.14. The molecule has 2 aromatic rings. The van der Waals surface area contributed by atoms with Crippen LogP contribution in [0.1, 0.15) is 36.9 Å². The fourth-order valence-electron chi connectivity index (χ4n) is 2.31. The van der Waals surface area contributed by atoms with Crippen LogP contribution in [0.2, 0.25) is 5.02 Å². The van der Waals surface area contributed by atoms with Crippen LogP contribution in [0.25, 0.3) is 0 Å². The molecule has 0 radical (unpaired) electrons. The third-order valence-corrected chi connectivity index (χ3v) is 3.75. The van der Waals surface area contributed by atoms with Gasteiger partial charge in [0.15, 0.2) is 0 Å². The molecule has 0 aliphatic rings. The first kappa shape index (κ1) is 14.9. The second-order valence-corrected chi connectivity index (χ2v) is 5.28. The zero-order chi connectivity index (χ0) is 14.4. The number of benzene rings is 2. The Kier molecular flexibility index (Phi) is 5.45. The Morgan fingerprint density at radius 2 is 1.85 bits per heavy atom. The summed E-state index contributed by atoms with van der Waals surface area (Å²) in [5, 5.41) is 14.0. The van der Waals surface area contributed by atoms with Gasteiger partial charge in [0, 0.05) is 23.2 Å². The molecule has 0 amide bonds. The normalized spacial score (nSPS) is 12.3. The van der Waals surface area contributed by atoms with Gasteiger partial charge in [-0.2, -0.15) is 0 Å². The highest BCUT2D eigenvalue weighted by Crippen LogP contribution is 2.26. The molecular formula is C17H20ClNO. The van der Waals surface area contributed by atoms with Crippen LogP contribution in [0.3, 0.4) is 0 Å². The lowest BCUT2D eigenvalue weighted by Gasteiger charge is -2.19. The van der Waals surface area contributed by atoms with Gasteiger partial charge in [0.25, 0.3) is 0 Å². The van der Waals surface area contributed by atoms with Crippen LogP contribution in [-0.2, 0) is 6.54 Å². The molecule has 106 valence electrons. The number of rotatable bonds is 6. The summed E-state index contributed by atoms with van der Waals surface area (Å²) in [6, 6.07) is 15.9. The molecule has 2 rings (SSSR count). The average molecular weight is 290 g/mol. The third-order valence-electron chi connectivity index (χ3n) is 3.40. The summed E-state index contributed by atoms with van der Waals surface area (Å²) in [6.45, 7) is 2.73. The molecule has 3 heteroatoms. The summed E-state index contributed by atoms with van der Waals surface area (Å²) in [5.41, 5.74) is 2.02. The minimum absolute atomic E-state index is 0.244. The monoisotopic (exact) mass is 289 g/mol. The van der Waals surface area contributed by atoms with E-state index in [2.05, 4.69) is 24.4 Å². The second kappa shape index (κ2) is 7.32. The highest BCUT2D eigenvalue weighted by molar-refractivity contribution is 6.31. The molecule has 0 bridgehead atoms. The maximum Gasteiger partial charge on any atom is 0.121 e. The molecule has 0 aromatic heterocycles. The number of phenols is 1. The Morgan fingerprint density at radius 1 is 1.10 bits per heavy atom. The fraction of sp³-hybridized carbons (Fsp3) is 0.294. The Labute approximate surface area is 125 Å². The first-order valence-corrected chi connectivity index (χ1v) is 7.35. The number of hydrogen-bond acceptors (Lipinski definition) is 2. The average Bonchev–Trinajstić information content (AvgIpc) is 2.46. The van der Waals surface area contributed by atoms with Crippen LogP contribution in [0, 0.1) is 0 Å². The molecule has 0 saturated carbocycles. The van der Waals surface area contributed by atoms with Crippen molar-refractivity contribution in [2.45, 2.75) is 32.4 Å². The molecule has 0 saturated heterocycles. The maximum atomic E-state index is 9.88. The van der Waals surface area contributed by atoms with Gasteiger partial charge in [0.05, 0.1) is 0 Å². The van der Waals surface area contributed by atoms with Crippen molar-refractivity contribution in [1.29, 1.82) is 0 Å². The summed E-state index contributed by atoms with van der Waals surface area (Å²) in [6.07, 6.45) is 2.15. The van der Waals surface area contributed by atoms with E-state index in [0.717, 1.165) is 18.4 Å². The van der Waals surface area contributed by atoms with E-state index in [1.54, 1.807) is 18.2 Å². The van der Waals surface area contributed by atoms with Crippen molar-refractivity contribution < 1.29 is 5.11 Å². The van der Waals surface area contributed by atoms with E-state index < -0.39 is 0 Å². The van der Waals surface area contributed by atoms with Crippen LogP contribution >= 0.6 is 11.6 Å². The highest BCUT2D eigenvalue weighted by atomic mass is 35.5. The Bertz CT molecular complexity index is 522. The van der Waals surface area contributed by atoms with E-state index in [0.29, 0.717) is 11.6 Å². The van der Waals surface area contributed by atoms with Gasteiger partial charge in [-0.3, -0.25) is 0 Å². The molecule has 20 heavy (non-hydrogen) atoms. The highest BCUT2D eigenvalue weighted by Gasteiger charge is 2.12. The maximum absolute atomic E-state index is 9.88. The van der Waals surface area contributed by atoms with E-state index >= 15 is 0 Å². The SMILES string of the molecule is CCCC(NCc1c(O)cccc1Cl)c1ccccc1. The lowest BCUT2D eigenvalue weighted by molar-refractivity contribution is 0.450. The number of aromatic hydroxyl groups is 1. The molecule has 0 spiro atoms. The van der Waals surface area contributed by atoms with Gasteiger partial charge in [-0.15, -0.1) is 0 Å². The first-order valence-electron chi connectivity index (χ1n) is 6.97. The smallest absolute Gasteiger partial charge is 0.121 e. The van der Waals surface area contributed by atoms with Gasteiger partial charge in [0.2, 0.25) is 0 Å². The molecule has 1 unspecified atom stereocenters. The molecule has 0 heterocycles. The van der Waals surface area contributed by atoms with Crippen molar-refractivity contribution >= 4 is 11.6 Å². The van der Waals surface area contributed by atoms with E-state index in [1.165, 1.54) is 5.56 Å².